The molecule has 8 nitrogen and oxygen atoms in total. The van der Waals surface area contributed by atoms with Gasteiger partial charge in [-0.05, 0) is 17.8 Å². The summed E-state index contributed by atoms with van der Waals surface area (Å²) >= 11 is 1.19. The first-order valence-electron chi connectivity index (χ1n) is 4.84. The maximum atomic E-state index is 11.2. The highest BCUT2D eigenvalue weighted by Crippen LogP contribution is 2.26. The van der Waals surface area contributed by atoms with Crippen molar-refractivity contribution in [3.8, 4) is 0 Å². The lowest BCUT2D eigenvalue weighted by molar-refractivity contribution is 0.318. The van der Waals surface area contributed by atoms with Gasteiger partial charge in [0.05, 0.1) is 0 Å². The topological polar surface area (TPSA) is 122 Å². The van der Waals surface area contributed by atoms with Crippen LogP contribution in [0, 0.1) is 0 Å². The van der Waals surface area contributed by atoms with Crippen molar-refractivity contribution in [2.45, 2.75) is 10.1 Å². The Bertz CT molecular complexity index is 647. The molecule has 2 heterocycles. The normalized spacial score (nSPS) is 11.7. The van der Waals surface area contributed by atoms with Crippen LogP contribution in [0.5, 0.6) is 0 Å². The number of nitrogens with one attached hydrogen (secondary N) is 1. The Balaban J connectivity index is 2.41. The second kappa shape index (κ2) is 4.92. The van der Waals surface area contributed by atoms with E-state index in [9.17, 15) is 4.79 Å². The SMILES string of the molecule is Cn1c(Sc2cnccc2/C(N)=N/O)n[nH]c1=O. The fourth-order valence-corrected chi connectivity index (χ4v) is 2.15. The van der Waals surface area contributed by atoms with Gasteiger partial charge in [-0.1, -0.05) is 5.16 Å². The summed E-state index contributed by atoms with van der Waals surface area (Å²) in [6, 6.07) is 1.61. The van der Waals surface area contributed by atoms with Gasteiger partial charge in [-0.3, -0.25) is 9.55 Å². The second-order valence-corrected chi connectivity index (χ2v) is 4.34. The predicted octanol–water partition coefficient (Wildman–Crippen LogP) is -0.251. The number of pyridine rings is 1. The summed E-state index contributed by atoms with van der Waals surface area (Å²) in [7, 11) is 1.59. The summed E-state index contributed by atoms with van der Waals surface area (Å²) in [4.78, 5) is 15.8. The Morgan fingerprint density at radius 3 is 3.06 bits per heavy atom. The van der Waals surface area contributed by atoms with E-state index in [1.807, 2.05) is 0 Å². The minimum absolute atomic E-state index is 0.0274. The Labute approximate surface area is 106 Å². The molecule has 0 aliphatic rings. The Morgan fingerprint density at radius 2 is 2.44 bits per heavy atom. The molecule has 0 aliphatic carbocycles. The van der Waals surface area contributed by atoms with Crippen LogP contribution >= 0.6 is 11.8 Å². The van der Waals surface area contributed by atoms with Crippen molar-refractivity contribution in [1.82, 2.24) is 19.7 Å². The van der Waals surface area contributed by atoms with Crippen molar-refractivity contribution in [1.29, 1.82) is 0 Å². The fraction of sp³-hybridized carbons (Fsp3) is 0.111. The molecule has 2 aromatic rings. The van der Waals surface area contributed by atoms with Crippen molar-refractivity contribution in [2.24, 2.45) is 17.9 Å². The van der Waals surface area contributed by atoms with E-state index in [0.29, 0.717) is 15.6 Å². The van der Waals surface area contributed by atoms with Crippen LogP contribution in [-0.2, 0) is 7.05 Å². The minimum Gasteiger partial charge on any atom is -0.409 e. The third kappa shape index (κ3) is 2.20. The van der Waals surface area contributed by atoms with E-state index in [-0.39, 0.29) is 11.5 Å². The van der Waals surface area contributed by atoms with Crippen LogP contribution in [0.2, 0.25) is 0 Å². The fourth-order valence-electron chi connectivity index (χ4n) is 1.25. The van der Waals surface area contributed by atoms with E-state index >= 15 is 0 Å². The molecule has 0 bridgehead atoms. The number of oxime groups is 1. The summed E-state index contributed by atoms with van der Waals surface area (Å²) in [5.74, 6) is -0.0274. The molecular weight excluding hydrogens is 256 g/mol. The van der Waals surface area contributed by atoms with Gasteiger partial charge in [0.15, 0.2) is 11.0 Å². The average molecular weight is 266 g/mol. The third-order valence-electron chi connectivity index (χ3n) is 2.21. The highest BCUT2D eigenvalue weighted by Gasteiger charge is 2.12. The van der Waals surface area contributed by atoms with Gasteiger partial charge in [-0.2, -0.15) is 0 Å². The van der Waals surface area contributed by atoms with Gasteiger partial charge in [0.25, 0.3) is 0 Å². The zero-order valence-corrected chi connectivity index (χ0v) is 10.2. The number of H-pyrrole nitrogens is 1. The highest BCUT2D eigenvalue weighted by molar-refractivity contribution is 7.99. The van der Waals surface area contributed by atoms with E-state index in [2.05, 4.69) is 20.3 Å². The van der Waals surface area contributed by atoms with Crippen molar-refractivity contribution in [2.75, 3.05) is 0 Å². The molecule has 0 fully saturated rings. The van der Waals surface area contributed by atoms with Crippen molar-refractivity contribution in [3.05, 3.63) is 34.5 Å². The molecule has 0 spiro atoms. The minimum atomic E-state index is -0.313. The molecule has 4 N–H and O–H groups in total. The Kier molecular flexibility index (Phi) is 3.33. The molecule has 0 radical (unpaired) electrons. The third-order valence-corrected chi connectivity index (χ3v) is 3.30. The van der Waals surface area contributed by atoms with Crippen LogP contribution in [0.3, 0.4) is 0 Å². The summed E-state index contributed by atoms with van der Waals surface area (Å²) in [6.07, 6.45) is 3.08. The van der Waals surface area contributed by atoms with Gasteiger partial charge < -0.3 is 10.9 Å². The van der Waals surface area contributed by atoms with Crippen molar-refractivity contribution >= 4 is 17.6 Å². The number of nitrogens with two attached hydrogens (primary N) is 1. The first-order valence-corrected chi connectivity index (χ1v) is 5.66. The number of hydrogen-bond acceptors (Lipinski definition) is 6. The highest BCUT2D eigenvalue weighted by atomic mass is 32.2. The van der Waals surface area contributed by atoms with Gasteiger partial charge in [-0.25, -0.2) is 9.89 Å². The lowest BCUT2D eigenvalue weighted by Crippen LogP contribution is -2.15. The number of amidine groups is 1. The molecule has 94 valence electrons. The van der Waals surface area contributed by atoms with E-state index in [0.717, 1.165) is 0 Å². The second-order valence-electron chi connectivity index (χ2n) is 3.33. The van der Waals surface area contributed by atoms with Gasteiger partial charge in [0.2, 0.25) is 0 Å². The molecule has 9 heteroatoms. The predicted molar refractivity (Wildman–Crippen MR) is 64.7 cm³/mol. The van der Waals surface area contributed by atoms with Crippen molar-refractivity contribution < 1.29 is 5.21 Å². The molecule has 2 aromatic heterocycles. The van der Waals surface area contributed by atoms with E-state index in [1.165, 1.54) is 22.5 Å². The number of aromatic nitrogens is 4. The number of rotatable bonds is 3. The van der Waals surface area contributed by atoms with Gasteiger partial charge in [0.1, 0.15) is 0 Å². The quantitative estimate of drug-likeness (QED) is 0.305. The van der Waals surface area contributed by atoms with Crippen LogP contribution in [0.25, 0.3) is 0 Å². The van der Waals surface area contributed by atoms with E-state index in [4.69, 9.17) is 10.9 Å². The van der Waals surface area contributed by atoms with Crippen LogP contribution in [0.15, 0.2) is 38.5 Å². The number of hydrogen-bond donors (Lipinski definition) is 3. The lowest BCUT2D eigenvalue weighted by Gasteiger charge is -2.05. The van der Waals surface area contributed by atoms with Crippen molar-refractivity contribution in [3.63, 3.8) is 0 Å². The maximum absolute atomic E-state index is 11.2. The number of nitrogens with zero attached hydrogens (tertiary/aromatic N) is 4. The smallest absolute Gasteiger partial charge is 0.343 e. The largest absolute Gasteiger partial charge is 0.409 e. The standard InChI is InChI=1S/C9H10N6O2S/c1-15-8(16)12-13-9(15)18-6-4-11-3-2-5(6)7(10)14-17/h2-4,17H,1H3,(H2,10,14)(H,12,16). The summed E-state index contributed by atoms with van der Waals surface area (Å²) in [5.41, 5.74) is 5.76. The monoisotopic (exact) mass is 266 g/mol. The summed E-state index contributed by atoms with van der Waals surface area (Å²) < 4.78 is 1.35. The molecule has 0 saturated carbocycles. The number of aromatic amines is 1. The lowest BCUT2D eigenvalue weighted by atomic mass is 10.2. The zero-order chi connectivity index (χ0) is 13.1. The first kappa shape index (κ1) is 12.2. The average Bonchev–Trinajstić information content (AvgIpc) is 2.70. The van der Waals surface area contributed by atoms with E-state index in [1.54, 1.807) is 19.3 Å². The summed E-state index contributed by atoms with van der Waals surface area (Å²) in [5, 5.41) is 18.3. The molecule has 18 heavy (non-hydrogen) atoms. The maximum Gasteiger partial charge on any atom is 0.343 e. The molecular formula is C9H10N6O2S. The first-order chi connectivity index (χ1) is 8.63. The van der Waals surface area contributed by atoms with Crippen LogP contribution in [-0.4, -0.2) is 30.8 Å². The zero-order valence-electron chi connectivity index (χ0n) is 9.36. The molecule has 0 saturated heterocycles. The van der Waals surface area contributed by atoms with Crippen LogP contribution in [0.1, 0.15) is 5.56 Å². The molecule has 2 rings (SSSR count). The van der Waals surface area contributed by atoms with Crippen LogP contribution in [0.4, 0.5) is 0 Å². The Morgan fingerprint density at radius 1 is 1.67 bits per heavy atom. The van der Waals surface area contributed by atoms with E-state index < -0.39 is 0 Å². The van der Waals surface area contributed by atoms with Gasteiger partial charge >= 0.3 is 5.69 Å². The molecule has 0 unspecified atom stereocenters. The molecule has 0 aliphatic heterocycles. The molecule has 0 atom stereocenters. The molecule has 0 amide bonds. The van der Waals surface area contributed by atoms with Crippen LogP contribution < -0.4 is 11.4 Å². The molecule has 0 aromatic carbocycles. The summed E-state index contributed by atoms with van der Waals surface area (Å²) in [6.45, 7) is 0. The van der Waals surface area contributed by atoms with Gasteiger partial charge in [0, 0.05) is 29.9 Å². The van der Waals surface area contributed by atoms with Gasteiger partial charge in [-0.15, -0.1) is 5.10 Å². The Hall–Kier alpha value is -2.29.